The predicted molar refractivity (Wildman–Crippen MR) is 248 cm³/mol. The molecule has 12 aromatic rings. The Balaban J connectivity index is 1.15. The van der Waals surface area contributed by atoms with Crippen molar-refractivity contribution in [2.75, 3.05) is 4.90 Å². The van der Waals surface area contributed by atoms with Gasteiger partial charge in [-0.25, -0.2) is 15.0 Å². The van der Waals surface area contributed by atoms with Gasteiger partial charge in [0.05, 0.1) is 5.69 Å². The van der Waals surface area contributed by atoms with E-state index >= 15 is 0 Å². The number of para-hydroxylation sites is 3. The van der Waals surface area contributed by atoms with Crippen molar-refractivity contribution in [3.63, 3.8) is 0 Å². The van der Waals surface area contributed by atoms with Gasteiger partial charge in [-0.1, -0.05) is 146 Å². The first-order chi connectivity index (χ1) is 30.2. The van der Waals surface area contributed by atoms with E-state index in [2.05, 4.69) is 150 Å². The zero-order valence-electron chi connectivity index (χ0n) is 32.7. The third kappa shape index (κ3) is 6.00. The van der Waals surface area contributed by atoms with Crippen LogP contribution in [-0.4, -0.2) is 15.0 Å². The Bertz CT molecular complexity index is 3610. The highest BCUT2D eigenvalue weighted by molar-refractivity contribution is 6.14. The van der Waals surface area contributed by atoms with E-state index in [1.54, 1.807) is 0 Å². The molecule has 0 amide bonds. The van der Waals surface area contributed by atoms with Crippen LogP contribution in [0.2, 0.25) is 0 Å². The summed E-state index contributed by atoms with van der Waals surface area (Å²) in [6.07, 6.45) is 0. The molecule has 3 aromatic heterocycles. The van der Waals surface area contributed by atoms with Gasteiger partial charge in [0, 0.05) is 55.7 Å². The number of rotatable bonds is 7. The van der Waals surface area contributed by atoms with E-state index < -0.39 is 0 Å². The van der Waals surface area contributed by atoms with Gasteiger partial charge in [0.25, 0.3) is 0 Å². The number of fused-ring (bicyclic) bond motifs is 7. The summed E-state index contributed by atoms with van der Waals surface area (Å²) < 4.78 is 13.1. The molecule has 0 saturated carbocycles. The molecule has 6 nitrogen and oxygen atoms in total. The second-order valence-electron chi connectivity index (χ2n) is 15.2. The lowest BCUT2D eigenvalue weighted by Crippen LogP contribution is -2.10. The van der Waals surface area contributed by atoms with Crippen molar-refractivity contribution in [3.05, 3.63) is 206 Å². The monoisotopic (exact) mass is 782 g/mol. The Morgan fingerprint density at radius 3 is 1.67 bits per heavy atom. The number of benzene rings is 9. The molecule has 0 unspecified atom stereocenters. The average Bonchev–Trinajstić information content (AvgIpc) is 3.90. The van der Waals surface area contributed by atoms with Crippen LogP contribution in [0.25, 0.3) is 99.9 Å². The number of anilines is 3. The molecule has 0 bridgehead atoms. The van der Waals surface area contributed by atoms with Crippen molar-refractivity contribution < 1.29 is 8.83 Å². The Hall–Kier alpha value is -8.35. The molecule has 9 aromatic carbocycles. The van der Waals surface area contributed by atoms with Crippen molar-refractivity contribution in [1.29, 1.82) is 0 Å². The van der Waals surface area contributed by atoms with Crippen LogP contribution in [0.1, 0.15) is 0 Å². The van der Waals surface area contributed by atoms with E-state index in [0.717, 1.165) is 99.5 Å². The van der Waals surface area contributed by atoms with Crippen molar-refractivity contribution in [3.8, 4) is 45.3 Å². The lowest BCUT2D eigenvalue weighted by Gasteiger charge is -2.26. The number of hydrogen-bond donors (Lipinski definition) is 0. The van der Waals surface area contributed by atoms with Crippen molar-refractivity contribution in [2.45, 2.75) is 0 Å². The van der Waals surface area contributed by atoms with Crippen LogP contribution < -0.4 is 4.90 Å². The van der Waals surface area contributed by atoms with E-state index in [1.807, 2.05) is 60.7 Å². The maximum absolute atomic E-state index is 6.73. The molecular formula is C55H34N4O2. The van der Waals surface area contributed by atoms with Crippen LogP contribution in [0.15, 0.2) is 215 Å². The molecule has 0 N–H and O–H groups in total. The minimum atomic E-state index is 0.530. The first kappa shape index (κ1) is 34.7. The molecule has 6 heteroatoms. The minimum Gasteiger partial charge on any atom is -0.456 e. The predicted octanol–water partition coefficient (Wildman–Crippen LogP) is 15.0. The first-order valence-corrected chi connectivity index (χ1v) is 20.3. The van der Waals surface area contributed by atoms with Crippen LogP contribution >= 0.6 is 0 Å². The van der Waals surface area contributed by atoms with E-state index in [0.29, 0.717) is 17.5 Å². The molecule has 0 radical (unpaired) electrons. The van der Waals surface area contributed by atoms with Crippen molar-refractivity contribution in [1.82, 2.24) is 15.0 Å². The summed E-state index contributed by atoms with van der Waals surface area (Å²) in [5.41, 5.74) is 10.8. The van der Waals surface area contributed by atoms with Gasteiger partial charge < -0.3 is 13.7 Å². The van der Waals surface area contributed by atoms with Crippen LogP contribution in [0.3, 0.4) is 0 Å². The fraction of sp³-hybridized carbons (Fsp3) is 0. The third-order valence-electron chi connectivity index (χ3n) is 11.5. The SMILES string of the molecule is c1ccc(-c2cccc(N(c3ccccc3)c3cc(-c4nc(-c5ccc6ccccc6c5)nc(-c5cccc6oc7ccccc7c56)n4)c4c(c3)oc3ccccc34)c2)cc1. The molecular weight excluding hydrogens is 749 g/mol. The Morgan fingerprint density at radius 1 is 0.311 bits per heavy atom. The largest absolute Gasteiger partial charge is 0.456 e. The van der Waals surface area contributed by atoms with Gasteiger partial charge in [-0.15, -0.1) is 0 Å². The average molecular weight is 783 g/mol. The van der Waals surface area contributed by atoms with Gasteiger partial charge in [0.2, 0.25) is 0 Å². The maximum Gasteiger partial charge on any atom is 0.164 e. The van der Waals surface area contributed by atoms with E-state index in [9.17, 15) is 0 Å². The zero-order chi connectivity index (χ0) is 40.3. The smallest absolute Gasteiger partial charge is 0.164 e. The van der Waals surface area contributed by atoms with Crippen LogP contribution in [0, 0.1) is 0 Å². The highest BCUT2D eigenvalue weighted by Gasteiger charge is 2.24. The quantitative estimate of drug-likeness (QED) is 0.160. The molecule has 3 heterocycles. The molecule has 12 rings (SSSR count). The van der Waals surface area contributed by atoms with Crippen LogP contribution in [0.4, 0.5) is 17.1 Å². The second-order valence-corrected chi connectivity index (χ2v) is 15.2. The molecule has 0 spiro atoms. The van der Waals surface area contributed by atoms with E-state index in [1.165, 1.54) is 0 Å². The summed E-state index contributed by atoms with van der Waals surface area (Å²) in [5, 5.41) is 6.12. The van der Waals surface area contributed by atoms with Gasteiger partial charge in [0.15, 0.2) is 17.5 Å². The van der Waals surface area contributed by atoms with Gasteiger partial charge in [0.1, 0.15) is 22.3 Å². The molecule has 0 aliphatic heterocycles. The lowest BCUT2D eigenvalue weighted by molar-refractivity contribution is 0.668. The van der Waals surface area contributed by atoms with Gasteiger partial charge in [-0.2, -0.15) is 0 Å². The third-order valence-corrected chi connectivity index (χ3v) is 11.5. The molecule has 0 aliphatic carbocycles. The standard InChI is InChI=1S/C55H34N4O2/c1-3-15-35(16-4-1)38-19-13-22-41(32-38)59(40-20-5-2-6-21-40)42-33-46(52-44-24-10-12-27-48(44)61-50(52)34-42)55-57-53(39-30-29-36-17-7-8-18-37(36)31-39)56-54(58-55)45-25-14-28-49-51(45)43-23-9-11-26-47(43)60-49/h1-34H. The Labute approximate surface area is 350 Å². The highest BCUT2D eigenvalue weighted by Crippen LogP contribution is 2.44. The summed E-state index contributed by atoms with van der Waals surface area (Å²) in [5.74, 6) is 1.65. The zero-order valence-corrected chi connectivity index (χ0v) is 32.7. The summed E-state index contributed by atoms with van der Waals surface area (Å²) in [6, 6.07) is 71.0. The summed E-state index contributed by atoms with van der Waals surface area (Å²) >= 11 is 0. The number of hydrogen-bond acceptors (Lipinski definition) is 6. The van der Waals surface area contributed by atoms with Crippen molar-refractivity contribution >= 4 is 71.7 Å². The van der Waals surface area contributed by atoms with E-state index in [-0.39, 0.29) is 0 Å². The molecule has 0 fully saturated rings. The normalized spacial score (nSPS) is 11.6. The number of nitrogens with zero attached hydrogens (tertiary/aromatic N) is 4. The molecule has 61 heavy (non-hydrogen) atoms. The second kappa shape index (κ2) is 14.2. The maximum atomic E-state index is 6.73. The lowest BCUT2D eigenvalue weighted by atomic mass is 10.0. The van der Waals surface area contributed by atoms with Gasteiger partial charge in [-0.05, 0) is 76.5 Å². The van der Waals surface area contributed by atoms with Gasteiger partial charge in [-0.3, -0.25) is 0 Å². The number of aromatic nitrogens is 3. The fourth-order valence-electron chi connectivity index (χ4n) is 8.66. The molecule has 0 saturated heterocycles. The molecule has 0 aliphatic rings. The minimum absolute atomic E-state index is 0.530. The highest BCUT2D eigenvalue weighted by atomic mass is 16.3. The van der Waals surface area contributed by atoms with Crippen molar-refractivity contribution in [2.24, 2.45) is 0 Å². The fourth-order valence-corrected chi connectivity index (χ4v) is 8.66. The topological polar surface area (TPSA) is 68.2 Å². The first-order valence-electron chi connectivity index (χ1n) is 20.3. The van der Waals surface area contributed by atoms with Gasteiger partial charge >= 0.3 is 0 Å². The summed E-state index contributed by atoms with van der Waals surface area (Å²) in [4.78, 5) is 18.3. The summed E-state index contributed by atoms with van der Waals surface area (Å²) in [7, 11) is 0. The molecule has 286 valence electrons. The Kier molecular flexibility index (Phi) is 8.06. The van der Waals surface area contributed by atoms with Crippen LogP contribution in [-0.2, 0) is 0 Å². The van der Waals surface area contributed by atoms with E-state index in [4.69, 9.17) is 23.8 Å². The summed E-state index contributed by atoms with van der Waals surface area (Å²) in [6.45, 7) is 0. The Morgan fingerprint density at radius 2 is 0.885 bits per heavy atom. The van der Waals surface area contributed by atoms with Crippen LogP contribution in [0.5, 0.6) is 0 Å². The number of furan rings is 2. The molecule has 0 atom stereocenters.